The summed E-state index contributed by atoms with van der Waals surface area (Å²) in [5.41, 5.74) is 2.00. The van der Waals surface area contributed by atoms with Crippen LogP contribution in [-0.2, 0) is 10.0 Å². The second-order valence-corrected chi connectivity index (χ2v) is 7.98. The van der Waals surface area contributed by atoms with Crippen molar-refractivity contribution < 1.29 is 18.6 Å². The van der Waals surface area contributed by atoms with E-state index in [-0.39, 0.29) is 10.8 Å². The lowest BCUT2D eigenvalue weighted by Crippen LogP contribution is -2.45. The summed E-state index contributed by atoms with van der Waals surface area (Å²) in [7, 11) is -3.77. The molecule has 3 N–H and O–H groups in total. The average Bonchev–Trinajstić information content (AvgIpc) is 2.84. The van der Waals surface area contributed by atoms with Crippen LogP contribution in [0, 0.1) is 6.92 Å². The van der Waals surface area contributed by atoms with Gasteiger partial charge in [0.15, 0.2) is 0 Å². The standard InChI is InChI=1S/C18H21NO4S/c1-12-7-9-13(10-8-12)15-11-16(20)18(21)17(15)19-24(22,23)14-5-3-2-4-6-14/h2-10,15-21H,11H2,1H3. The highest BCUT2D eigenvalue weighted by Gasteiger charge is 2.44. The summed E-state index contributed by atoms with van der Waals surface area (Å²) < 4.78 is 27.7. The largest absolute Gasteiger partial charge is 0.390 e. The predicted octanol–water partition coefficient (Wildman–Crippen LogP) is 1.55. The fraction of sp³-hybridized carbons (Fsp3) is 0.333. The lowest BCUT2D eigenvalue weighted by atomic mass is 9.93. The molecule has 0 bridgehead atoms. The maximum absolute atomic E-state index is 12.6. The minimum absolute atomic E-state index is 0.140. The Morgan fingerprint density at radius 1 is 1.00 bits per heavy atom. The van der Waals surface area contributed by atoms with Crippen molar-refractivity contribution in [2.75, 3.05) is 0 Å². The molecule has 0 radical (unpaired) electrons. The Hall–Kier alpha value is -1.73. The molecule has 1 saturated carbocycles. The van der Waals surface area contributed by atoms with Crippen LogP contribution in [0.5, 0.6) is 0 Å². The van der Waals surface area contributed by atoms with E-state index in [0.717, 1.165) is 11.1 Å². The molecule has 0 aromatic heterocycles. The minimum Gasteiger partial charge on any atom is -0.390 e. The molecule has 0 heterocycles. The van der Waals surface area contributed by atoms with Gasteiger partial charge in [0.25, 0.3) is 0 Å². The SMILES string of the molecule is Cc1ccc(C2CC(O)C(O)C2NS(=O)(=O)c2ccccc2)cc1. The number of rotatable bonds is 4. The zero-order valence-corrected chi connectivity index (χ0v) is 14.1. The van der Waals surface area contributed by atoms with Gasteiger partial charge < -0.3 is 10.2 Å². The highest BCUT2D eigenvalue weighted by molar-refractivity contribution is 7.89. The van der Waals surface area contributed by atoms with Gasteiger partial charge in [0.1, 0.15) is 0 Å². The van der Waals surface area contributed by atoms with E-state index in [1.807, 2.05) is 31.2 Å². The van der Waals surface area contributed by atoms with E-state index in [1.54, 1.807) is 18.2 Å². The van der Waals surface area contributed by atoms with Gasteiger partial charge in [-0.3, -0.25) is 0 Å². The molecule has 3 rings (SSSR count). The molecule has 6 heteroatoms. The van der Waals surface area contributed by atoms with Crippen LogP contribution < -0.4 is 4.72 Å². The van der Waals surface area contributed by atoms with Crippen molar-refractivity contribution in [2.24, 2.45) is 0 Å². The fourth-order valence-electron chi connectivity index (χ4n) is 3.18. The first-order valence-corrected chi connectivity index (χ1v) is 9.37. The monoisotopic (exact) mass is 347 g/mol. The summed E-state index contributed by atoms with van der Waals surface area (Å²) >= 11 is 0. The lowest BCUT2D eigenvalue weighted by molar-refractivity contribution is 0.0338. The third kappa shape index (κ3) is 3.37. The summed E-state index contributed by atoms with van der Waals surface area (Å²) in [6, 6.07) is 15.0. The van der Waals surface area contributed by atoms with Gasteiger partial charge in [0.2, 0.25) is 10.0 Å². The maximum Gasteiger partial charge on any atom is 0.240 e. The van der Waals surface area contributed by atoms with Crippen LogP contribution in [0.15, 0.2) is 59.5 Å². The zero-order valence-electron chi connectivity index (χ0n) is 13.3. The second-order valence-electron chi connectivity index (χ2n) is 6.27. The van der Waals surface area contributed by atoms with Crippen molar-refractivity contribution in [3.8, 4) is 0 Å². The number of sulfonamides is 1. The summed E-state index contributed by atoms with van der Waals surface area (Å²) in [5, 5.41) is 20.3. The van der Waals surface area contributed by atoms with Crippen molar-refractivity contribution in [3.63, 3.8) is 0 Å². The Morgan fingerprint density at radius 3 is 2.25 bits per heavy atom. The normalized spacial score (nSPS) is 27.3. The van der Waals surface area contributed by atoms with Gasteiger partial charge in [-0.2, -0.15) is 0 Å². The molecule has 1 aliphatic rings. The number of aliphatic hydroxyl groups excluding tert-OH is 2. The number of benzene rings is 2. The van der Waals surface area contributed by atoms with Gasteiger partial charge in [0.05, 0.1) is 23.1 Å². The van der Waals surface area contributed by atoms with Crippen LogP contribution in [0.4, 0.5) is 0 Å². The van der Waals surface area contributed by atoms with Crippen LogP contribution in [0.3, 0.4) is 0 Å². The summed E-state index contributed by atoms with van der Waals surface area (Å²) in [4.78, 5) is 0.140. The number of hydrogen-bond donors (Lipinski definition) is 3. The maximum atomic E-state index is 12.6. The van der Waals surface area contributed by atoms with E-state index in [4.69, 9.17) is 0 Å². The van der Waals surface area contributed by atoms with Gasteiger partial charge in [-0.15, -0.1) is 0 Å². The Labute approximate surface area is 142 Å². The molecule has 128 valence electrons. The van der Waals surface area contributed by atoms with Crippen molar-refractivity contribution >= 4 is 10.0 Å². The Kier molecular flexibility index (Phi) is 4.73. The first-order chi connectivity index (χ1) is 11.4. The molecule has 5 nitrogen and oxygen atoms in total. The van der Waals surface area contributed by atoms with Crippen LogP contribution in [0.2, 0.25) is 0 Å². The van der Waals surface area contributed by atoms with Crippen LogP contribution in [0.1, 0.15) is 23.5 Å². The number of aryl methyl sites for hydroxylation is 1. The summed E-state index contributed by atoms with van der Waals surface area (Å²) in [6.07, 6.45) is -1.79. The van der Waals surface area contributed by atoms with E-state index in [2.05, 4.69) is 4.72 Å². The molecule has 2 aromatic rings. The van der Waals surface area contributed by atoms with E-state index in [0.29, 0.717) is 6.42 Å². The van der Waals surface area contributed by atoms with Gasteiger partial charge in [-0.1, -0.05) is 48.0 Å². The van der Waals surface area contributed by atoms with Gasteiger partial charge in [-0.05, 0) is 31.0 Å². The van der Waals surface area contributed by atoms with Crippen molar-refractivity contribution in [1.29, 1.82) is 0 Å². The van der Waals surface area contributed by atoms with E-state index >= 15 is 0 Å². The Bertz CT molecular complexity index is 790. The third-order valence-electron chi connectivity index (χ3n) is 4.54. The summed E-state index contributed by atoms with van der Waals surface area (Å²) in [6.45, 7) is 1.97. The van der Waals surface area contributed by atoms with Gasteiger partial charge in [0, 0.05) is 5.92 Å². The highest BCUT2D eigenvalue weighted by atomic mass is 32.2. The van der Waals surface area contributed by atoms with Crippen molar-refractivity contribution in [3.05, 3.63) is 65.7 Å². The van der Waals surface area contributed by atoms with Crippen molar-refractivity contribution in [2.45, 2.75) is 42.4 Å². The van der Waals surface area contributed by atoms with Crippen LogP contribution in [0.25, 0.3) is 0 Å². The lowest BCUT2D eigenvalue weighted by Gasteiger charge is -2.23. The molecule has 0 aliphatic heterocycles. The van der Waals surface area contributed by atoms with Crippen LogP contribution in [-0.4, -0.2) is 36.9 Å². The Morgan fingerprint density at radius 2 is 1.62 bits per heavy atom. The molecule has 4 unspecified atom stereocenters. The van der Waals surface area contributed by atoms with E-state index in [9.17, 15) is 18.6 Å². The van der Waals surface area contributed by atoms with Gasteiger partial charge in [-0.25, -0.2) is 13.1 Å². The molecule has 2 aromatic carbocycles. The number of nitrogens with one attached hydrogen (secondary N) is 1. The molecule has 0 spiro atoms. The van der Waals surface area contributed by atoms with E-state index < -0.39 is 28.3 Å². The molecule has 1 fully saturated rings. The summed E-state index contributed by atoms with van der Waals surface area (Å²) in [5.74, 6) is -0.283. The highest BCUT2D eigenvalue weighted by Crippen LogP contribution is 2.36. The minimum atomic E-state index is -3.77. The second kappa shape index (κ2) is 6.64. The molecular weight excluding hydrogens is 326 g/mol. The predicted molar refractivity (Wildman–Crippen MR) is 91.1 cm³/mol. The molecule has 1 aliphatic carbocycles. The number of aliphatic hydroxyl groups is 2. The smallest absolute Gasteiger partial charge is 0.240 e. The first-order valence-electron chi connectivity index (χ1n) is 7.88. The van der Waals surface area contributed by atoms with Crippen molar-refractivity contribution in [1.82, 2.24) is 4.72 Å². The average molecular weight is 347 g/mol. The molecule has 0 amide bonds. The molecular formula is C18H21NO4S. The topological polar surface area (TPSA) is 86.6 Å². The molecule has 24 heavy (non-hydrogen) atoms. The van der Waals surface area contributed by atoms with Crippen LogP contribution >= 0.6 is 0 Å². The van der Waals surface area contributed by atoms with E-state index in [1.165, 1.54) is 12.1 Å². The fourth-order valence-corrected chi connectivity index (χ4v) is 4.49. The molecule has 4 atom stereocenters. The number of hydrogen-bond acceptors (Lipinski definition) is 4. The Balaban J connectivity index is 1.90. The third-order valence-corrected chi connectivity index (χ3v) is 6.02. The van der Waals surface area contributed by atoms with Gasteiger partial charge >= 0.3 is 0 Å². The zero-order chi connectivity index (χ0) is 17.3. The first kappa shape index (κ1) is 17.1. The molecule has 0 saturated heterocycles. The quantitative estimate of drug-likeness (QED) is 0.783.